The number of hydrogen-bond donors (Lipinski definition) is 1. The largest absolute Gasteiger partial charge is 0.497 e. The lowest BCUT2D eigenvalue weighted by atomic mass is 9.73. The zero-order valence-corrected chi connectivity index (χ0v) is 16.8. The van der Waals surface area contributed by atoms with Gasteiger partial charge in [0.1, 0.15) is 5.75 Å². The van der Waals surface area contributed by atoms with Gasteiger partial charge in [-0.2, -0.15) is 0 Å². The predicted molar refractivity (Wildman–Crippen MR) is 109 cm³/mol. The standard InChI is InChI=1S/C22H19Cl2NO3/c1-28-15-5-2-12(3-6-15)13-8-19-22(20(26)9-13)17(11-21(27)25-19)16-7-4-14(23)10-18(16)24/h2-7,10,13,17H,8-9,11H2,1H3,(H,25,27)/t13-,17+/m1/s1. The maximum Gasteiger partial charge on any atom is 0.225 e. The fraction of sp³-hybridized carbons (Fsp3) is 0.273. The molecule has 0 bridgehead atoms. The van der Waals surface area contributed by atoms with Gasteiger partial charge in [0.25, 0.3) is 0 Å². The molecule has 0 aromatic heterocycles. The Kier molecular flexibility index (Phi) is 5.17. The molecule has 2 aliphatic rings. The second-order valence-electron chi connectivity index (χ2n) is 7.16. The van der Waals surface area contributed by atoms with Gasteiger partial charge < -0.3 is 10.1 Å². The van der Waals surface area contributed by atoms with Gasteiger partial charge in [-0.1, -0.05) is 41.4 Å². The second-order valence-corrected chi connectivity index (χ2v) is 8.01. The van der Waals surface area contributed by atoms with Crippen molar-refractivity contribution in [2.45, 2.75) is 31.1 Å². The highest BCUT2D eigenvalue weighted by Gasteiger charge is 2.38. The first-order chi connectivity index (χ1) is 13.5. The molecular weight excluding hydrogens is 397 g/mol. The minimum atomic E-state index is -0.335. The molecule has 4 rings (SSSR count). The Labute approximate surface area is 173 Å². The van der Waals surface area contributed by atoms with E-state index in [9.17, 15) is 9.59 Å². The number of ketones is 1. The minimum absolute atomic E-state index is 0.0249. The summed E-state index contributed by atoms with van der Waals surface area (Å²) < 4.78 is 5.21. The molecule has 0 fully saturated rings. The number of hydrogen-bond acceptors (Lipinski definition) is 3. The molecule has 28 heavy (non-hydrogen) atoms. The normalized spacial score (nSPS) is 22.0. The summed E-state index contributed by atoms with van der Waals surface area (Å²) in [7, 11) is 1.62. The Balaban J connectivity index is 1.70. The lowest BCUT2D eigenvalue weighted by Gasteiger charge is -2.34. The van der Waals surface area contributed by atoms with Gasteiger partial charge in [0, 0.05) is 40.1 Å². The summed E-state index contributed by atoms with van der Waals surface area (Å²) in [6.07, 6.45) is 1.22. The summed E-state index contributed by atoms with van der Waals surface area (Å²) in [5.74, 6) is 0.417. The summed E-state index contributed by atoms with van der Waals surface area (Å²) in [6, 6.07) is 12.9. The monoisotopic (exact) mass is 415 g/mol. The summed E-state index contributed by atoms with van der Waals surface area (Å²) in [6.45, 7) is 0. The molecule has 6 heteroatoms. The zero-order chi connectivity index (χ0) is 19.8. The van der Waals surface area contributed by atoms with Gasteiger partial charge in [0.05, 0.1) is 7.11 Å². The van der Waals surface area contributed by atoms with Crippen molar-refractivity contribution < 1.29 is 14.3 Å². The van der Waals surface area contributed by atoms with E-state index in [1.54, 1.807) is 25.3 Å². The summed E-state index contributed by atoms with van der Waals surface area (Å²) in [4.78, 5) is 25.5. The van der Waals surface area contributed by atoms with Crippen LogP contribution < -0.4 is 10.1 Å². The summed E-state index contributed by atoms with van der Waals surface area (Å²) in [5, 5.41) is 3.93. The average molecular weight is 416 g/mol. The predicted octanol–water partition coefficient (Wildman–Crippen LogP) is 5.01. The number of allylic oxidation sites excluding steroid dienone is 2. The Morgan fingerprint density at radius 2 is 1.75 bits per heavy atom. The highest BCUT2D eigenvalue weighted by Crippen LogP contribution is 2.44. The summed E-state index contributed by atoms with van der Waals surface area (Å²) >= 11 is 12.4. The molecule has 0 saturated heterocycles. The van der Waals surface area contributed by atoms with Crippen molar-refractivity contribution in [3.05, 3.63) is 74.9 Å². The molecule has 2 atom stereocenters. The molecule has 1 heterocycles. The fourth-order valence-corrected chi connectivity index (χ4v) is 4.66. The van der Waals surface area contributed by atoms with Crippen LogP contribution in [-0.2, 0) is 9.59 Å². The minimum Gasteiger partial charge on any atom is -0.497 e. The van der Waals surface area contributed by atoms with Crippen LogP contribution in [-0.4, -0.2) is 18.8 Å². The molecule has 0 radical (unpaired) electrons. The molecule has 144 valence electrons. The number of amides is 1. The molecule has 1 amide bonds. The molecule has 1 N–H and O–H groups in total. The van der Waals surface area contributed by atoms with E-state index in [1.165, 1.54) is 0 Å². The third kappa shape index (κ3) is 3.54. The lowest BCUT2D eigenvalue weighted by molar-refractivity contribution is -0.122. The quantitative estimate of drug-likeness (QED) is 0.766. The molecule has 0 saturated carbocycles. The van der Waals surface area contributed by atoms with Gasteiger partial charge in [-0.3, -0.25) is 9.59 Å². The number of ether oxygens (including phenoxy) is 1. The molecule has 2 aromatic rings. The van der Waals surface area contributed by atoms with Crippen molar-refractivity contribution >= 4 is 34.9 Å². The Morgan fingerprint density at radius 1 is 1.00 bits per heavy atom. The lowest BCUT2D eigenvalue weighted by Crippen LogP contribution is -2.38. The maximum atomic E-state index is 13.1. The van der Waals surface area contributed by atoms with E-state index < -0.39 is 0 Å². The molecule has 0 unspecified atom stereocenters. The van der Waals surface area contributed by atoms with E-state index in [4.69, 9.17) is 27.9 Å². The molecule has 1 aliphatic heterocycles. The number of halogens is 2. The van der Waals surface area contributed by atoms with Crippen LogP contribution in [0.25, 0.3) is 0 Å². The molecule has 1 aliphatic carbocycles. The van der Waals surface area contributed by atoms with Gasteiger partial charge in [0.2, 0.25) is 5.91 Å². The van der Waals surface area contributed by atoms with E-state index in [2.05, 4.69) is 5.32 Å². The molecular formula is C22H19Cl2NO3. The van der Waals surface area contributed by atoms with Crippen LogP contribution in [0.3, 0.4) is 0 Å². The van der Waals surface area contributed by atoms with Gasteiger partial charge in [0.15, 0.2) is 5.78 Å². The van der Waals surface area contributed by atoms with E-state index >= 15 is 0 Å². The van der Waals surface area contributed by atoms with Crippen LogP contribution in [0.5, 0.6) is 5.75 Å². The van der Waals surface area contributed by atoms with Crippen molar-refractivity contribution in [2.75, 3.05) is 7.11 Å². The van der Waals surface area contributed by atoms with Crippen molar-refractivity contribution in [1.29, 1.82) is 0 Å². The van der Waals surface area contributed by atoms with Crippen molar-refractivity contribution in [1.82, 2.24) is 5.32 Å². The van der Waals surface area contributed by atoms with E-state index in [0.717, 1.165) is 16.9 Å². The third-order valence-electron chi connectivity index (χ3n) is 5.46. The smallest absolute Gasteiger partial charge is 0.225 e. The maximum absolute atomic E-state index is 13.1. The first-order valence-corrected chi connectivity index (χ1v) is 9.87. The van der Waals surface area contributed by atoms with Crippen molar-refractivity contribution in [3.8, 4) is 5.75 Å². The SMILES string of the molecule is COc1ccc([C@H]2CC(=O)C3=C(C2)NC(=O)C[C@H]3c2ccc(Cl)cc2Cl)cc1. The fourth-order valence-electron chi connectivity index (χ4n) is 4.12. The van der Waals surface area contributed by atoms with Crippen molar-refractivity contribution in [3.63, 3.8) is 0 Å². The van der Waals surface area contributed by atoms with Gasteiger partial charge in [-0.05, 0) is 47.7 Å². The topological polar surface area (TPSA) is 55.4 Å². The average Bonchev–Trinajstić information content (AvgIpc) is 2.67. The van der Waals surface area contributed by atoms with E-state index in [-0.39, 0.29) is 29.9 Å². The molecule has 0 spiro atoms. The number of carbonyl (C=O) groups excluding carboxylic acids is 2. The van der Waals surface area contributed by atoms with Crippen LogP contribution in [0.4, 0.5) is 0 Å². The Bertz CT molecular complexity index is 982. The first kappa shape index (κ1) is 19.0. The number of rotatable bonds is 3. The second kappa shape index (κ2) is 7.61. The summed E-state index contributed by atoms with van der Waals surface area (Å²) in [5.41, 5.74) is 3.21. The van der Waals surface area contributed by atoms with Crippen LogP contribution in [0.2, 0.25) is 10.0 Å². The molecule has 4 nitrogen and oxygen atoms in total. The van der Waals surface area contributed by atoms with Gasteiger partial charge in [-0.25, -0.2) is 0 Å². The van der Waals surface area contributed by atoms with Crippen LogP contribution in [0, 0.1) is 0 Å². The molecule has 2 aromatic carbocycles. The number of Topliss-reactive ketones (excluding diaryl/α,β-unsaturated/α-hetero) is 1. The Hall–Kier alpha value is -2.30. The first-order valence-electron chi connectivity index (χ1n) is 9.11. The van der Waals surface area contributed by atoms with E-state index in [1.807, 2.05) is 24.3 Å². The van der Waals surface area contributed by atoms with Crippen LogP contribution >= 0.6 is 23.2 Å². The zero-order valence-electron chi connectivity index (χ0n) is 15.3. The highest BCUT2D eigenvalue weighted by atomic mass is 35.5. The van der Waals surface area contributed by atoms with Gasteiger partial charge >= 0.3 is 0 Å². The van der Waals surface area contributed by atoms with Crippen LogP contribution in [0.1, 0.15) is 42.2 Å². The number of nitrogens with one attached hydrogen (secondary N) is 1. The highest BCUT2D eigenvalue weighted by molar-refractivity contribution is 6.35. The van der Waals surface area contributed by atoms with Crippen LogP contribution in [0.15, 0.2) is 53.7 Å². The number of carbonyl (C=O) groups is 2. The number of benzene rings is 2. The van der Waals surface area contributed by atoms with Gasteiger partial charge in [-0.15, -0.1) is 0 Å². The third-order valence-corrected chi connectivity index (χ3v) is 6.02. The van der Waals surface area contributed by atoms with E-state index in [0.29, 0.717) is 34.2 Å². The number of methoxy groups -OCH3 is 1. The Morgan fingerprint density at radius 3 is 2.43 bits per heavy atom. The van der Waals surface area contributed by atoms with Crippen molar-refractivity contribution in [2.24, 2.45) is 0 Å².